The predicted molar refractivity (Wildman–Crippen MR) is 68.0 cm³/mol. The number of rotatable bonds is 9. The highest BCUT2D eigenvalue weighted by Gasteiger charge is 1.99. The van der Waals surface area contributed by atoms with Crippen molar-refractivity contribution in [2.24, 2.45) is 11.7 Å². The van der Waals surface area contributed by atoms with Crippen LogP contribution < -0.4 is 22.5 Å². The smallest absolute Gasteiger partial charge is 0.233 e. The number of carbonyl (C=O) groups excluding carboxylic acids is 2. The van der Waals surface area contributed by atoms with Gasteiger partial charge in [-0.3, -0.25) is 20.4 Å². The Morgan fingerprint density at radius 3 is 1.56 bits per heavy atom. The summed E-state index contributed by atoms with van der Waals surface area (Å²) >= 11 is 0. The van der Waals surface area contributed by atoms with Gasteiger partial charge in [0, 0.05) is 24.3 Å². The number of nitrogens with two attached hydrogens (primary N) is 2. The van der Waals surface area contributed by atoms with Gasteiger partial charge in [-0.25, -0.2) is 11.7 Å². The molecule has 0 bridgehead atoms. The summed E-state index contributed by atoms with van der Waals surface area (Å²) in [5.74, 6) is 11.4. The highest BCUT2D eigenvalue weighted by molar-refractivity contribution is 8.76. The van der Waals surface area contributed by atoms with E-state index in [1.54, 1.807) is 21.6 Å². The van der Waals surface area contributed by atoms with Crippen molar-refractivity contribution in [2.45, 2.75) is 25.7 Å². The van der Waals surface area contributed by atoms with Crippen molar-refractivity contribution in [1.29, 1.82) is 0 Å². The quantitative estimate of drug-likeness (QED) is 0.153. The van der Waals surface area contributed by atoms with Gasteiger partial charge >= 0.3 is 0 Å². The molecule has 0 aromatic rings. The van der Waals surface area contributed by atoms with Gasteiger partial charge in [0.1, 0.15) is 0 Å². The van der Waals surface area contributed by atoms with E-state index in [1.807, 2.05) is 0 Å². The van der Waals surface area contributed by atoms with Gasteiger partial charge in [-0.2, -0.15) is 0 Å². The lowest BCUT2D eigenvalue weighted by atomic mass is 10.3. The van der Waals surface area contributed by atoms with E-state index in [0.717, 1.165) is 24.3 Å². The molecular weight excluding hydrogens is 248 g/mol. The Morgan fingerprint density at radius 1 is 0.875 bits per heavy atom. The third kappa shape index (κ3) is 10.1. The number of nitrogens with one attached hydrogen (secondary N) is 2. The lowest BCUT2D eigenvalue weighted by Gasteiger charge is -2.01. The second-order valence-electron chi connectivity index (χ2n) is 2.99. The average Bonchev–Trinajstić information content (AvgIpc) is 2.31. The van der Waals surface area contributed by atoms with Crippen LogP contribution in [0.25, 0.3) is 0 Å². The summed E-state index contributed by atoms with van der Waals surface area (Å²) in [6.45, 7) is 0. The largest absolute Gasteiger partial charge is 0.294 e. The molecule has 0 spiro atoms. The summed E-state index contributed by atoms with van der Waals surface area (Å²) < 4.78 is 0. The first kappa shape index (κ1) is 15.6. The number of hydrogen-bond donors (Lipinski definition) is 4. The first-order chi connectivity index (χ1) is 7.70. The minimum Gasteiger partial charge on any atom is -0.294 e. The topological polar surface area (TPSA) is 110 Å². The Labute approximate surface area is 103 Å². The van der Waals surface area contributed by atoms with Crippen LogP contribution in [-0.4, -0.2) is 23.3 Å². The molecule has 0 aliphatic heterocycles. The van der Waals surface area contributed by atoms with Crippen LogP contribution in [0.4, 0.5) is 0 Å². The molecule has 0 radical (unpaired) electrons. The van der Waals surface area contributed by atoms with Crippen molar-refractivity contribution in [3.8, 4) is 0 Å². The Bertz CT molecular complexity index is 194. The van der Waals surface area contributed by atoms with Gasteiger partial charge < -0.3 is 0 Å². The second kappa shape index (κ2) is 11.1. The third-order valence-electron chi connectivity index (χ3n) is 1.67. The van der Waals surface area contributed by atoms with Crippen LogP contribution in [0.1, 0.15) is 25.7 Å². The fourth-order valence-corrected chi connectivity index (χ4v) is 3.02. The molecule has 0 atom stereocenters. The van der Waals surface area contributed by atoms with Gasteiger partial charge in [0.2, 0.25) is 11.8 Å². The van der Waals surface area contributed by atoms with Gasteiger partial charge in [-0.05, 0) is 12.8 Å². The molecule has 6 N–H and O–H groups in total. The van der Waals surface area contributed by atoms with Gasteiger partial charge in [0.25, 0.3) is 0 Å². The monoisotopic (exact) mass is 266 g/mol. The van der Waals surface area contributed by atoms with E-state index in [4.69, 9.17) is 11.7 Å². The minimum absolute atomic E-state index is 0.134. The summed E-state index contributed by atoms with van der Waals surface area (Å²) in [4.78, 5) is 21.5. The van der Waals surface area contributed by atoms with Crippen molar-refractivity contribution in [3.63, 3.8) is 0 Å². The normalized spacial score (nSPS) is 9.88. The molecule has 0 aliphatic rings. The van der Waals surface area contributed by atoms with Crippen LogP contribution in [0.5, 0.6) is 0 Å². The Hall–Kier alpha value is -0.440. The van der Waals surface area contributed by atoms with Crippen molar-refractivity contribution >= 4 is 33.4 Å². The first-order valence-corrected chi connectivity index (χ1v) is 7.42. The van der Waals surface area contributed by atoms with E-state index in [-0.39, 0.29) is 11.8 Å². The van der Waals surface area contributed by atoms with E-state index >= 15 is 0 Å². The van der Waals surface area contributed by atoms with E-state index in [2.05, 4.69) is 10.9 Å². The van der Waals surface area contributed by atoms with Gasteiger partial charge in [-0.1, -0.05) is 21.6 Å². The number of hydrazine groups is 2. The molecular formula is C8H18N4O2S2. The molecule has 8 heteroatoms. The Morgan fingerprint density at radius 2 is 1.25 bits per heavy atom. The summed E-state index contributed by atoms with van der Waals surface area (Å²) in [5, 5.41) is 0. The Balaban J connectivity index is 3.10. The fraction of sp³-hybridized carbons (Fsp3) is 0.750. The summed E-state index contributed by atoms with van der Waals surface area (Å²) in [7, 11) is 3.40. The van der Waals surface area contributed by atoms with Gasteiger partial charge in [-0.15, -0.1) is 0 Å². The van der Waals surface area contributed by atoms with Crippen LogP contribution in [0.2, 0.25) is 0 Å². The molecule has 0 rings (SSSR count). The molecule has 16 heavy (non-hydrogen) atoms. The molecule has 0 heterocycles. The van der Waals surface area contributed by atoms with Gasteiger partial charge in [0.05, 0.1) is 0 Å². The molecule has 6 nitrogen and oxygen atoms in total. The minimum atomic E-state index is -0.134. The van der Waals surface area contributed by atoms with Crippen molar-refractivity contribution in [1.82, 2.24) is 10.9 Å². The lowest BCUT2D eigenvalue weighted by Crippen LogP contribution is -2.29. The maximum atomic E-state index is 10.7. The molecule has 0 saturated heterocycles. The van der Waals surface area contributed by atoms with Crippen molar-refractivity contribution in [2.75, 3.05) is 11.5 Å². The third-order valence-corrected chi connectivity index (χ3v) is 4.25. The van der Waals surface area contributed by atoms with Crippen LogP contribution in [-0.2, 0) is 9.59 Å². The van der Waals surface area contributed by atoms with Crippen LogP contribution >= 0.6 is 21.6 Å². The zero-order valence-corrected chi connectivity index (χ0v) is 10.7. The Kier molecular flexibility index (Phi) is 10.8. The molecule has 94 valence electrons. The number of carbonyl (C=O) groups is 2. The summed E-state index contributed by atoms with van der Waals surface area (Å²) in [5.41, 5.74) is 4.17. The van der Waals surface area contributed by atoms with E-state index < -0.39 is 0 Å². The molecule has 0 aromatic heterocycles. The average molecular weight is 266 g/mol. The van der Waals surface area contributed by atoms with Crippen molar-refractivity contribution in [3.05, 3.63) is 0 Å². The zero-order chi connectivity index (χ0) is 12.2. The maximum Gasteiger partial charge on any atom is 0.233 e. The van der Waals surface area contributed by atoms with Crippen molar-refractivity contribution < 1.29 is 9.59 Å². The molecule has 0 aliphatic carbocycles. The lowest BCUT2D eigenvalue weighted by molar-refractivity contribution is -0.122. The molecule has 2 amide bonds. The molecule has 0 saturated carbocycles. The van der Waals surface area contributed by atoms with Crippen LogP contribution in [0.3, 0.4) is 0 Å². The summed E-state index contributed by atoms with van der Waals surface area (Å²) in [6.07, 6.45) is 2.53. The fourth-order valence-electron chi connectivity index (χ4n) is 0.845. The predicted octanol–water partition coefficient (Wildman–Crippen LogP) is -0.0920. The zero-order valence-electron chi connectivity index (χ0n) is 9.03. The SMILES string of the molecule is NNC(=O)CCCSSCCCC(=O)NN. The maximum absolute atomic E-state index is 10.7. The number of amides is 2. The van der Waals surface area contributed by atoms with E-state index in [0.29, 0.717) is 12.8 Å². The number of hydrogen-bond acceptors (Lipinski definition) is 6. The van der Waals surface area contributed by atoms with E-state index in [9.17, 15) is 9.59 Å². The highest BCUT2D eigenvalue weighted by atomic mass is 33.1. The van der Waals surface area contributed by atoms with Gasteiger partial charge in [0.15, 0.2) is 0 Å². The standard InChI is InChI=1S/C8H18N4O2S2/c9-11-7(13)3-1-5-15-16-6-2-4-8(14)12-10/h1-6,9-10H2,(H,11,13)(H,12,14). The van der Waals surface area contributed by atoms with Crippen LogP contribution in [0, 0.1) is 0 Å². The highest BCUT2D eigenvalue weighted by Crippen LogP contribution is 2.23. The van der Waals surface area contributed by atoms with Crippen LogP contribution in [0.15, 0.2) is 0 Å². The first-order valence-electron chi connectivity index (χ1n) is 4.94. The summed E-state index contributed by atoms with van der Waals surface area (Å²) in [6, 6.07) is 0. The molecule has 0 aromatic carbocycles. The molecule has 0 unspecified atom stereocenters. The molecule has 0 fully saturated rings. The second-order valence-corrected chi connectivity index (χ2v) is 5.69. The van der Waals surface area contributed by atoms with E-state index in [1.165, 1.54) is 0 Å².